The van der Waals surface area contributed by atoms with E-state index in [2.05, 4.69) is 40.1 Å². The summed E-state index contributed by atoms with van der Waals surface area (Å²) < 4.78 is 13.6. The molecule has 5 heteroatoms. The topological polar surface area (TPSA) is 24.4 Å². The Hall–Kier alpha value is -0.550. The summed E-state index contributed by atoms with van der Waals surface area (Å²) in [6.07, 6.45) is 0. The van der Waals surface area contributed by atoms with Crippen LogP contribution in [0.2, 0.25) is 0 Å². The van der Waals surface area contributed by atoms with E-state index in [1.807, 2.05) is 0 Å². The summed E-state index contributed by atoms with van der Waals surface area (Å²) in [7, 11) is 0. The first-order valence-corrected chi connectivity index (χ1v) is 6.69. The highest BCUT2D eigenvalue weighted by Gasteiger charge is 2.25. The van der Waals surface area contributed by atoms with Gasteiger partial charge in [-0.1, -0.05) is 11.8 Å². The van der Waals surface area contributed by atoms with Crippen molar-refractivity contribution in [2.45, 2.75) is 19.4 Å². The second kappa shape index (κ2) is 4.37. The van der Waals surface area contributed by atoms with Gasteiger partial charge in [0.2, 0.25) is 0 Å². The Kier molecular flexibility index (Phi) is 3.26. The van der Waals surface area contributed by atoms with E-state index in [4.69, 9.17) is 0 Å². The summed E-state index contributed by atoms with van der Waals surface area (Å²) in [5, 5.41) is 4.08. The van der Waals surface area contributed by atoms with E-state index in [-0.39, 0.29) is 11.4 Å². The molecule has 16 heavy (non-hydrogen) atoms. The van der Waals surface area contributed by atoms with E-state index in [0.717, 1.165) is 16.6 Å². The highest BCUT2D eigenvalue weighted by molar-refractivity contribution is 9.10. The van der Waals surface area contributed by atoms with Crippen LogP contribution in [0.5, 0.6) is 0 Å². The molecule has 0 aliphatic carbocycles. The Labute approximate surface area is 107 Å². The molecule has 0 unspecified atom stereocenters. The van der Waals surface area contributed by atoms with Crippen LogP contribution in [0.4, 0.5) is 10.1 Å². The molecule has 1 aromatic rings. The Balaban J connectivity index is 2.16. The molecule has 0 bridgehead atoms. The van der Waals surface area contributed by atoms with Gasteiger partial charge in [-0.3, -0.25) is 4.99 Å². The second-order valence-corrected chi connectivity index (χ2v) is 6.09. The Bertz CT molecular complexity index is 446. The van der Waals surface area contributed by atoms with Gasteiger partial charge >= 0.3 is 0 Å². The molecule has 1 N–H and O–H groups in total. The predicted molar refractivity (Wildman–Crippen MR) is 71.7 cm³/mol. The molecule has 0 spiro atoms. The zero-order chi connectivity index (χ0) is 11.8. The quantitative estimate of drug-likeness (QED) is 0.851. The minimum Gasteiger partial charge on any atom is -0.334 e. The number of amidine groups is 1. The number of anilines is 1. The van der Waals surface area contributed by atoms with E-state index in [1.165, 1.54) is 12.1 Å². The van der Waals surface area contributed by atoms with Crippen molar-refractivity contribution in [3.8, 4) is 0 Å². The van der Waals surface area contributed by atoms with Gasteiger partial charge in [0.1, 0.15) is 5.82 Å². The maximum atomic E-state index is 12.9. The largest absolute Gasteiger partial charge is 0.334 e. The maximum absolute atomic E-state index is 12.9. The van der Waals surface area contributed by atoms with E-state index in [0.29, 0.717) is 4.47 Å². The molecule has 1 aliphatic heterocycles. The molecule has 0 aromatic heterocycles. The Morgan fingerprint density at radius 2 is 2.25 bits per heavy atom. The summed E-state index contributed by atoms with van der Waals surface area (Å²) in [6.45, 7) is 4.18. The van der Waals surface area contributed by atoms with Gasteiger partial charge in [0.15, 0.2) is 5.17 Å². The molecule has 0 radical (unpaired) electrons. The minimum atomic E-state index is -0.251. The van der Waals surface area contributed by atoms with Gasteiger partial charge in [0, 0.05) is 10.2 Å². The van der Waals surface area contributed by atoms with Crippen LogP contribution in [0.15, 0.2) is 27.7 Å². The zero-order valence-electron chi connectivity index (χ0n) is 9.05. The van der Waals surface area contributed by atoms with Crippen molar-refractivity contribution in [2.24, 2.45) is 4.99 Å². The molecular weight excluding hydrogens is 291 g/mol. The number of rotatable bonds is 1. The fraction of sp³-hybridized carbons (Fsp3) is 0.364. The minimum absolute atomic E-state index is 0.0144. The number of halogens is 2. The number of hydrogen-bond acceptors (Lipinski definition) is 3. The van der Waals surface area contributed by atoms with Gasteiger partial charge in [0.25, 0.3) is 0 Å². The molecule has 86 valence electrons. The summed E-state index contributed by atoms with van der Waals surface area (Å²) in [5.74, 6) is 0.715. The summed E-state index contributed by atoms with van der Waals surface area (Å²) in [5.41, 5.74) is 0.824. The van der Waals surface area contributed by atoms with E-state index in [9.17, 15) is 4.39 Å². The van der Waals surface area contributed by atoms with Crippen LogP contribution in [-0.4, -0.2) is 16.5 Å². The monoisotopic (exact) mass is 302 g/mol. The third-order valence-corrected chi connectivity index (χ3v) is 4.11. The fourth-order valence-electron chi connectivity index (χ4n) is 1.35. The second-order valence-electron chi connectivity index (χ2n) is 4.27. The summed E-state index contributed by atoms with van der Waals surface area (Å²) in [6, 6.07) is 4.57. The molecule has 2 rings (SSSR count). The van der Waals surface area contributed by atoms with Crippen molar-refractivity contribution < 1.29 is 4.39 Å². The number of benzene rings is 1. The molecule has 0 fully saturated rings. The SMILES string of the molecule is CC1(C)CSC(Nc2ccc(F)cc2Br)=N1. The van der Waals surface area contributed by atoms with Crippen LogP contribution >= 0.6 is 27.7 Å². The van der Waals surface area contributed by atoms with Crippen molar-refractivity contribution in [3.05, 3.63) is 28.5 Å². The van der Waals surface area contributed by atoms with Crippen LogP contribution < -0.4 is 5.32 Å². The first-order chi connectivity index (χ1) is 7.46. The summed E-state index contributed by atoms with van der Waals surface area (Å²) >= 11 is 5.00. The van der Waals surface area contributed by atoms with E-state index >= 15 is 0 Å². The smallest absolute Gasteiger partial charge is 0.161 e. The lowest BCUT2D eigenvalue weighted by molar-refractivity contribution is 0.605. The van der Waals surface area contributed by atoms with Crippen molar-refractivity contribution in [2.75, 3.05) is 11.1 Å². The number of thioether (sulfide) groups is 1. The number of hydrogen-bond donors (Lipinski definition) is 1. The highest BCUT2D eigenvalue weighted by atomic mass is 79.9. The molecule has 1 aliphatic rings. The molecular formula is C11H12BrFN2S. The lowest BCUT2D eigenvalue weighted by Gasteiger charge is -2.09. The van der Waals surface area contributed by atoms with Gasteiger partial charge in [-0.25, -0.2) is 4.39 Å². The van der Waals surface area contributed by atoms with Crippen LogP contribution in [0.3, 0.4) is 0 Å². The maximum Gasteiger partial charge on any atom is 0.161 e. The third kappa shape index (κ3) is 2.77. The van der Waals surface area contributed by atoms with Gasteiger partial charge in [-0.15, -0.1) is 0 Å². The van der Waals surface area contributed by atoms with Gasteiger partial charge < -0.3 is 5.32 Å². The van der Waals surface area contributed by atoms with Crippen LogP contribution in [-0.2, 0) is 0 Å². The van der Waals surface area contributed by atoms with Crippen molar-refractivity contribution in [1.29, 1.82) is 0 Å². The third-order valence-electron chi connectivity index (χ3n) is 2.14. The van der Waals surface area contributed by atoms with Crippen molar-refractivity contribution >= 4 is 38.5 Å². The van der Waals surface area contributed by atoms with E-state index in [1.54, 1.807) is 17.8 Å². The molecule has 2 nitrogen and oxygen atoms in total. The molecule has 0 saturated carbocycles. The average Bonchev–Trinajstić information content (AvgIpc) is 2.51. The van der Waals surface area contributed by atoms with Crippen LogP contribution in [0.1, 0.15) is 13.8 Å². The molecule has 1 aromatic carbocycles. The fourth-order valence-corrected chi connectivity index (χ4v) is 2.85. The predicted octanol–water partition coefficient (Wildman–Crippen LogP) is 3.88. The molecule has 1 heterocycles. The molecule has 0 saturated heterocycles. The van der Waals surface area contributed by atoms with Crippen LogP contribution in [0, 0.1) is 5.82 Å². The van der Waals surface area contributed by atoms with Gasteiger partial charge in [-0.05, 0) is 48.0 Å². The molecule has 0 atom stereocenters. The summed E-state index contributed by atoms with van der Waals surface area (Å²) in [4.78, 5) is 4.53. The number of nitrogens with one attached hydrogen (secondary N) is 1. The normalized spacial score (nSPS) is 18.4. The Morgan fingerprint density at radius 1 is 1.50 bits per heavy atom. The molecule has 0 amide bonds. The number of nitrogens with zero attached hydrogens (tertiary/aromatic N) is 1. The van der Waals surface area contributed by atoms with Gasteiger partial charge in [0.05, 0.1) is 11.2 Å². The zero-order valence-corrected chi connectivity index (χ0v) is 11.5. The first kappa shape index (κ1) is 11.9. The van der Waals surface area contributed by atoms with Crippen molar-refractivity contribution in [1.82, 2.24) is 0 Å². The average molecular weight is 303 g/mol. The number of aliphatic imine (C=N–C) groups is 1. The Morgan fingerprint density at radius 3 is 2.81 bits per heavy atom. The van der Waals surface area contributed by atoms with Crippen molar-refractivity contribution in [3.63, 3.8) is 0 Å². The van der Waals surface area contributed by atoms with Crippen LogP contribution in [0.25, 0.3) is 0 Å². The first-order valence-electron chi connectivity index (χ1n) is 4.91. The van der Waals surface area contributed by atoms with Gasteiger partial charge in [-0.2, -0.15) is 0 Å². The highest BCUT2D eigenvalue weighted by Crippen LogP contribution is 2.30. The lowest BCUT2D eigenvalue weighted by Crippen LogP contribution is -2.15. The lowest BCUT2D eigenvalue weighted by atomic mass is 10.1. The standard InChI is InChI=1S/C11H12BrFN2S/c1-11(2)6-16-10(15-11)14-9-4-3-7(13)5-8(9)12/h3-5H,6H2,1-2H3,(H,14,15). The van der Waals surface area contributed by atoms with E-state index < -0.39 is 0 Å².